The van der Waals surface area contributed by atoms with Gasteiger partial charge in [-0.15, -0.1) is 12.4 Å². The lowest BCUT2D eigenvalue weighted by Gasteiger charge is -2.22. The van der Waals surface area contributed by atoms with Crippen molar-refractivity contribution in [2.24, 2.45) is 5.92 Å². The van der Waals surface area contributed by atoms with Gasteiger partial charge in [-0.1, -0.05) is 42.5 Å². The van der Waals surface area contributed by atoms with Crippen LogP contribution in [-0.4, -0.2) is 28.1 Å². The first-order valence-electron chi connectivity index (χ1n) is 8.51. The maximum absolute atomic E-state index is 12.5. The van der Waals surface area contributed by atoms with E-state index in [1.54, 1.807) is 18.2 Å². The molecule has 4 nitrogen and oxygen atoms in total. The highest BCUT2D eigenvalue weighted by molar-refractivity contribution is 7.89. The maximum atomic E-state index is 12.5. The Balaban J connectivity index is 0.00000225. The third-order valence-electron chi connectivity index (χ3n) is 4.50. The standard InChI is InChI=1S/C19H24N2O2S.ClH/c22-24(23,21-13-11-16-6-5-12-20-15-16)19-10-4-9-18(14-19)17-7-2-1-3-8-17;/h1-4,7-10,14,16,20-21H,5-6,11-13,15H2;1H. The van der Waals surface area contributed by atoms with Crippen molar-refractivity contribution in [2.75, 3.05) is 19.6 Å². The fourth-order valence-electron chi connectivity index (χ4n) is 3.12. The Labute approximate surface area is 156 Å². The van der Waals surface area contributed by atoms with E-state index in [2.05, 4.69) is 10.0 Å². The van der Waals surface area contributed by atoms with Gasteiger partial charge in [0.15, 0.2) is 0 Å². The van der Waals surface area contributed by atoms with Crippen molar-refractivity contribution in [1.82, 2.24) is 10.0 Å². The van der Waals surface area contributed by atoms with E-state index in [1.807, 2.05) is 36.4 Å². The number of piperidine rings is 1. The molecule has 1 saturated heterocycles. The van der Waals surface area contributed by atoms with Crippen molar-refractivity contribution in [3.8, 4) is 11.1 Å². The van der Waals surface area contributed by atoms with Gasteiger partial charge in [-0.05, 0) is 61.5 Å². The molecule has 1 heterocycles. The summed E-state index contributed by atoms with van der Waals surface area (Å²) in [6.45, 7) is 2.56. The predicted octanol–water partition coefficient (Wildman–Crippen LogP) is 3.44. The summed E-state index contributed by atoms with van der Waals surface area (Å²) in [5.74, 6) is 0.567. The van der Waals surface area contributed by atoms with Crippen LogP contribution < -0.4 is 10.0 Å². The van der Waals surface area contributed by atoms with Gasteiger partial charge in [0, 0.05) is 6.54 Å². The number of benzene rings is 2. The second kappa shape index (κ2) is 9.34. The molecule has 0 spiro atoms. The molecule has 0 saturated carbocycles. The van der Waals surface area contributed by atoms with Crippen molar-refractivity contribution in [3.63, 3.8) is 0 Å². The molecule has 3 rings (SSSR count). The van der Waals surface area contributed by atoms with Gasteiger partial charge in [-0.25, -0.2) is 13.1 Å². The molecular formula is C19H25ClN2O2S. The first kappa shape index (κ1) is 19.9. The topological polar surface area (TPSA) is 58.2 Å². The molecule has 6 heteroatoms. The molecule has 2 aromatic rings. The fraction of sp³-hybridized carbons (Fsp3) is 0.368. The van der Waals surface area contributed by atoms with Crippen molar-refractivity contribution in [2.45, 2.75) is 24.2 Å². The summed E-state index contributed by atoms with van der Waals surface area (Å²) in [5.41, 5.74) is 1.93. The van der Waals surface area contributed by atoms with Crippen LogP contribution in [0.2, 0.25) is 0 Å². The number of nitrogens with one attached hydrogen (secondary N) is 2. The van der Waals surface area contributed by atoms with E-state index in [-0.39, 0.29) is 12.4 Å². The molecule has 1 fully saturated rings. The average Bonchev–Trinajstić information content (AvgIpc) is 2.63. The molecule has 1 aliphatic heterocycles. The SMILES string of the molecule is Cl.O=S(=O)(NCCC1CCCNC1)c1cccc(-c2ccccc2)c1. The number of sulfonamides is 1. The van der Waals surface area contributed by atoms with E-state index in [0.717, 1.165) is 30.6 Å². The molecule has 1 aliphatic rings. The fourth-order valence-corrected chi connectivity index (χ4v) is 4.22. The van der Waals surface area contributed by atoms with Gasteiger partial charge in [-0.3, -0.25) is 0 Å². The lowest BCUT2D eigenvalue weighted by Crippen LogP contribution is -2.33. The van der Waals surface area contributed by atoms with Crippen molar-refractivity contribution >= 4 is 22.4 Å². The summed E-state index contributed by atoms with van der Waals surface area (Å²) in [5, 5.41) is 3.36. The van der Waals surface area contributed by atoms with Crippen LogP contribution in [0.25, 0.3) is 11.1 Å². The van der Waals surface area contributed by atoms with E-state index in [0.29, 0.717) is 17.4 Å². The average molecular weight is 381 g/mol. The minimum absolute atomic E-state index is 0. The first-order chi connectivity index (χ1) is 11.6. The highest BCUT2D eigenvalue weighted by Crippen LogP contribution is 2.22. The zero-order chi connectivity index (χ0) is 16.8. The van der Waals surface area contributed by atoms with Gasteiger partial charge in [-0.2, -0.15) is 0 Å². The number of hydrogen-bond donors (Lipinski definition) is 2. The minimum Gasteiger partial charge on any atom is -0.316 e. The monoisotopic (exact) mass is 380 g/mol. The molecule has 2 N–H and O–H groups in total. The summed E-state index contributed by atoms with van der Waals surface area (Å²) in [6.07, 6.45) is 3.24. The molecule has 0 aliphatic carbocycles. The Hall–Kier alpha value is -1.40. The zero-order valence-corrected chi connectivity index (χ0v) is 15.8. The molecule has 1 unspecified atom stereocenters. The third-order valence-corrected chi connectivity index (χ3v) is 5.95. The minimum atomic E-state index is -3.46. The first-order valence-corrected chi connectivity index (χ1v) is 9.99. The summed E-state index contributed by atoms with van der Waals surface area (Å²) >= 11 is 0. The zero-order valence-electron chi connectivity index (χ0n) is 14.1. The molecule has 25 heavy (non-hydrogen) atoms. The Morgan fingerprint density at radius 3 is 2.52 bits per heavy atom. The van der Waals surface area contributed by atoms with E-state index in [4.69, 9.17) is 0 Å². The molecule has 0 amide bonds. The quantitative estimate of drug-likeness (QED) is 0.807. The third kappa shape index (κ3) is 5.54. The van der Waals surface area contributed by atoms with Gasteiger partial charge in [0.1, 0.15) is 0 Å². The molecule has 0 bridgehead atoms. The number of halogens is 1. The smallest absolute Gasteiger partial charge is 0.240 e. The van der Waals surface area contributed by atoms with Crippen LogP contribution in [0, 0.1) is 5.92 Å². The maximum Gasteiger partial charge on any atom is 0.240 e. The lowest BCUT2D eigenvalue weighted by atomic mass is 9.96. The second-order valence-electron chi connectivity index (χ2n) is 6.29. The lowest BCUT2D eigenvalue weighted by molar-refractivity contribution is 0.358. The van der Waals surface area contributed by atoms with Crippen molar-refractivity contribution in [3.05, 3.63) is 54.6 Å². The second-order valence-corrected chi connectivity index (χ2v) is 8.06. The van der Waals surface area contributed by atoms with Gasteiger partial charge < -0.3 is 5.32 Å². The molecule has 2 aromatic carbocycles. The molecular weight excluding hydrogens is 356 g/mol. The molecule has 1 atom stereocenters. The molecule has 136 valence electrons. The van der Waals surface area contributed by atoms with Gasteiger partial charge >= 0.3 is 0 Å². The largest absolute Gasteiger partial charge is 0.316 e. The van der Waals surface area contributed by atoms with Crippen LogP contribution in [0.5, 0.6) is 0 Å². The Bertz CT molecular complexity index is 760. The van der Waals surface area contributed by atoms with Crippen LogP contribution in [0.15, 0.2) is 59.5 Å². The van der Waals surface area contributed by atoms with E-state index in [1.165, 1.54) is 12.8 Å². The summed E-state index contributed by atoms with van der Waals surface area (Å²) < 4.78 is 27.8. The number of rotatable bonds is 6. The van der Waals surface area contributed by atoms with Crippen LogP contribution >= 0.6 is 12.4 Å². The highest BCUT2D eigenvalue weighted by atomic mass is 35.5. The summed E-state index contributed by atoms with van der Waals surface area (Å²) in [6, 6.07) is 16.9. The summed E-state index contributed by atoms with van der Waals surface area (Å²) in [7, 11) is -3.46. The Morgan fingerprint density at radius 1 is 1.04 bits per heavy atom. The van der Waals surface area contributed by atoms with Gasteiger partial charge in [0.2, 0.25) is 10.0 Å². The summed E-state index contributed by atoms with van der Waals surface area (Å²) in [4.78, 5) is 0.325. The Kier molecular flexibility index (Phi) is 7.44. The van der Waals surface area contributed by atoms with E-state index < -0.39 is 10.0 Å². The van der Waals surface area contributed by atoms with Crippen LogP contribution in [0.3, 0.4) is 0 Å². The normalized spacial score (nSPS) is 17.7. The molecule has 0 aromatic heterocycles. The van der Waals surface area contributed by atoms with Crippen LogP contribution in [0.1, 0.15) is 19.3 Å². The highest BCUT2D eigenvalue weighted by Gasteiger charge is 2.17. The number of hydrogen-bond acceptors (Lipinski definition) is 3. The van der Waals surface area contributed by atoms with E-state index in [9.17, 15) is 8.42 Å². The van der Waals surface area contributed by atoms with Crippen molar-refractivity contribution in [1.29, 1.82) is 0 Å². The predicted molar refractivity (Wildman–Crippen MR) is 105 cm³/mol. The van der Waals surface area contributed by atoms with Gasteiger partial charge in [0.05, 0.1) is 4.90 Å². The van der Waals surface area contributed by atoms with Crippen molar-refractivity contribution < 1.29 is 8.42 Å². The van der Waals surface area contributed by atoms with Crippen LogP contribution in [0.4, 0.5) is 0 Å². The molecule has 0 radical (unpaired) electrons. The Morgan fingerprint density at radius 2 is 1.80 bits per heavy atom. The van der Waals surface area contributed by atoms with Crippen LogP contribution in [-0.2, 0) is 10.0 Å². The van der Waals surface area contributed by atoms with Gasteiger partial charge in [0.25, 0.3) is 0 Å². The van der Waals surface area contributed by atoms with E-state index >= 15 is 0 Å².